The molecule has 0 fully saturated rings. The first-order valence-corrected chi connectivity index (χ1v) is 4.54. The largest absolute Gasteiger partial charge is 0.395 e. The van der Waals surface area contributed by atoms with Gasteiger partial charge in [0.05, 0.1) is 19.8 Å². The van der Waals surface area contributed by atoms with E-state index in [1.807, 2.05) is 0 Å². The fourth-order valence-corrected chi connectivity index (χ4v) is 1.06. The SMILES string of the molecule is NC(CO)CCNC1=NCCOC1. The van der Waals surface area contributed by atoms with E-state index in [9.17, 15) is 0 Å². The lowest BCUT2D eigenvalue weighted by atomic mass is 10.2. The zero-order chi connectivity index (χ0) is 9.52. The third-order valence-electron chi connectivity index (χ3n) is 1.86. The summed E-state index contributed by atoms with van der Waals surface area (Å²) in [5.41, 5.74) is 5.53. The molecular weight excluding hydrogens is 170 g/mol. The van der Waals surface area contributed by atoms with Gasteiger partial charge in [-0.2, -0.15) is 0 Å². The van der Waals surface area contributed by atoms with Crippen molar-refractivity contribution in [1.82, 2.24) is 5.32 Å². The maximum absolute atomic E-state index is 8.66. The van der Waals surface area contributed by atoms with E-state index < -0.39 is 0 Å². The van der Waals surface area contributed by atoms with Gasteiger partial charge in [0.1, 0.15) is 12.4 Å². The van der Waals surface area contributed by atoms with Gasteiger partial charge in [-0.15, -0.1) is 0 Å². The summed E-state index contributed by atoms with van der Waals surface area (Å²) in [5, 5.41) is 11.8. The summed E-state index contributed by atoms with van der Waals surface area (Å²) in [6, 6.07) is -0.141. The molecule has 1 heterocycles. The van der Waals surface area contributed by atoms with Crippen molar-refractivity contribution >= 4 is 5.84 Å². The molecule has 5 nitrogen and oxygen atoms in total. The second-order valence-electron chi connectivity index (χ2n) is 3.04. The Morgan fingerprint density at radius 1 is 1.69 bits per heavy atom. The van der Waals surface area contributed by atoms with Crippen molar-refractivity contribution in [1.29, 1.82) is 0 Å². The number of nitrogens with zero attached hydrogens (tertiary/aromatic N) is 1. The highest BCUT2D eigenvalue weighted by Crippen LogP contribution is 1.90. The molecule has 5 heteroatoms. The number of hydrogen-bond acceptors (Lipinski definition) is 5. The standard InChI is InChI=1S/C8H17N3O2/c9-7(5-12)1-2-10-8-6-13-4-3-11-8/h7,12H,1-6,9H2,(H,10,11). The topological polar surface area (TPSA) is 79.9 Å². The molecule has 0 radical (unpaired) electrons. The Labute approximate surface area is 78.0 Å². The molecule has 1 unspecified atom stereocenters. The molecule has 1 atom stereocenters. The highest BCUT2D eigenvalue weighted by Gasteiger charge is 2.05. The average molecular weight is 187 g/mol. The Bertz CT molecular complexity index is 173. The van der Waals surface area contributed by atoms with Crippen molar-refractivity contribution in [2.75, 3.05) is 32.9 Å². The Hall–Kier alpha value is -0.650. The minimum Gasteiger partial charge on any atom is -0.395 e. The first-order chi connectivity index (χ1) is 6.33. The van der Waals surface area contributed by atoms with Gasteiger partial charge in [-0.25, -0.2) is 0 Å². The molecule has 0 saturated carbocycles. The fourth-order valence-electron chi connectivity index (χ4n) is 1.06. The second kappa shape index (κ2) is 5.90. The molecule has 1 aliphatic rings. The summed E-state index contributed by atoms with van der Waals surface area (Å²) in [6.07, 6.45) is 0.746. The van der Waals surface area contributed by atoms with Crippen LogP contribution in [0.5, 0.6) is 0 Å². The molecule has 0 bridgehead atoms. The van der Waals surface area contributed by atoms with Crippen molar-refractivity contribution in [2.24, 2.45) is 10.7 Å². The normalized spacial score (nSPS) is 19.4. The van der Waals surface area contributed by atoms with Gasteiger partial charge in [-0.3, -0.25) is 4.99 Å². The van der Waals surface area contributed by atoms with Gasteiger partial charge in [0.25, 0.3) is 0 Å². The molecule has 0 aromatic carbocycles. The predicted molar refractivity (Wildman–Crippen MR) is 50.8 cm³/mol. The van der Waals surface area contributed by atoms with Crippen LogP contribution in [0.1, 0.15) is 6.42 Å². The summed E-state index contributed by atoms with van der Waals surface area (Å²) < 4.78 is 5.19. The van der Waals surface area contributed by atoms with Crippen LogP contribution in [0.25, 0.3) is 0 Å². The van der Waals surface area contributed by atoms with Gasteiger partial charge in [-0.1, -0.05) is 0 Å². The minimum atomic E-state index is -0.141. The summed E-state index contributed by atoms with van der Waals surface area (Å²) in [7, 11) is 0. The maximum Gasteiger partial charge on any atom is 0.123 e. The molecule has 0 aromatic heterocycles. The number of aliphatic hydroxyl groups is 1. The number of rotatable bonds is 4. The van der Waals surface area contributed by atoms with Crippen LogP contribution in [0.4, 0.5) is 0 Å². The van der Waals surface area contributed by atoms with Gasteiger partial charge in [0.2, 0.25) is 0 Å². The van der Waals surface area contributed by atoms with Crippen molar-refractivity contribution in [2.45, 2.75) is 12.5 Å². The van der Waals surface area contributed by atoms with E-state index in [-0.39, 0.29) is 12.6 Å². The average Bonchev–Trinajstić information content (AvgIpc) is 2.19. The summed E-state index contributed by atoms with van der Waals surface area (Å²) in [4.78, 5) is 4.23. The van der Waals surface area contributed by atoms with Gasteiger partial charge in [-0.05, 0) is 6.42 Å². The van der Waals surface area contributed by atoms with Crippen LogP contribution in [-0.4, -0.2) is 49.9 Å². The minimum absolute atomic E-state index is 0.0324. The van der Waals surface area contributed by atoms with Gasteiger partial charge >= 0.3 is 0 Å². The number of aliphatic hydroxyl groups excluding tert-OH is 1. The summed E-state index contributed by atoms with van der Waals surface area (Å²) >= 11 is 0. The monoisotopic (exact) mass is 187 g/mol. The number of nitrogens with one attached hydrogen (secondary N) is 1. The number of nitrogens with two attached hydrogens (primary N) is 1. The van der Waals surface area contributed by atoms with E-state index in [4.69, 9.17) is 15.6 Å². The molecule has 0 aliphatic carbocycles. The van der Waals surface area contributed by atoms with E-state index in [1.165, 1.54) is 0 Å². The number of ether oxygens (including phenoxy) is 1. The quantitative estimate of drug-likeness (QED) is 0.512. The Kier molecular flexibility index (Phi) is 4.74. The summed E-state index contributed by atoms with van der Waals surface area (Å²) in [6.45, 7) is 2.78. The lowest BCUT2D eigenvalue weighted by molar-refractivity contribution is 0.168. The van der Waals surface area contributed by atoms with Crippen LogP contribution < -0.4 is 11.1 Å². The number of aliphatic imine (C=N–C) groups is 1. The number of amidine groups is 1. The second-order valence-corrected chi connectivity index (χ2v) is 3.04. The van der Waals surface area contributed by atoms with Crippen LogP contribution in [-0.2, 0) is 4.74 Å². The van der Waals surface area contributed by atoms with E-state index >= 15 is 0 Å². The Balaban J connectivity index is 2.08. The molecule has 4 N–H and O–H groups in total. The highest BCUT2D eigenvalue weighted by atomic mass is 16.5. The van der Waals surface area contributed by atoms with Gasteiger partial charge < -0.3 is 20.9 Å². The van der Waals surface area contributed by atoms with E-state index in [2.05, 4.69) is 10.3 Å². The smallest absolute Gasteiger partial charge is 0.123 e. The predicted octanol–water partition coefficient (Wildman–Crippen LogP) is -1.29. The third kappa shape index (κ3) is 4.21. The summed E-state index contributed by atoms with van der Waals surface area (Å²) in [5.74, 6) is 0.886. The highest BCUT2D eigenvalue weighted by molar-refractivity contribution is 5.83. The number of hydrogen-bond donors (Lipinski definition) is 3. The van der Waals surface area contributed by atoms with Crippen molar-refractivity contribution in [3.8, 4) is 0 Å². The van der Waals surface area contributed by atoms with Crippen molar-refractivity contribution < 1.29 is 9.84 Å². The Morgan fingerprint density at radius 3 is 3.15 bits per heavy atom. The first kappa shape index (κ1) is 10.4. The molecule has 1 aliphatic heterocycles. The maximum atomic E-state index is 8.66. The molecule has 13 heavy (non-hydrogen) atoms. The molecule has 0 amide bonds. The molecule has 0 saturated heterocycles. The van der Waals surface area contributed by atoms with Crippen LogP contribution in [0.2, 0.25) is 0 Å². The molecule has 0 spiro atoms. The molecule has 0 aromatic rings. The zero-order valence-corrected chi connectivity index (χ0v) is 7.70. The lowest BCUT2D eigenvalue weighted by Crippen LogP contribution is -2.36. The molecular formula is C8H17N3O2. The van der Waals surface area contributed by atoms with E-state index in [0.29, 0.717) is 13.2 Å². The van der Waals surface area contributed by atoms with Crippen LogP contribution in [0.15, 0.2) is 4.99 Å². The molecule has 1 rings (SSSR count). The van der Waals surface area contributed by atoms with E-state index in [1.54, 1.807) is 0 Å². The first-order valence-electron chi connectivity index (χ1n) is 4.54. The Morgan fingerprint density at radius 2 is 2.54 bits per heavy atom. The fraction of sp³-hybridized carbons (Fsp3) is 0.875. The third-order valence-corrected chi connectivity index (χ3v) is 1.86. The zero-order valence-electron chi connectivity index (χ0n) is 7.70. The van der Waals surface area contributed by atoms with Crippen LogP contribution >= 0.6 is 0 Å². The lowest BCUT2D eigenvalue weighted by Gasteiger charge is -2.15. The molecule has 76 valence electrons. The van der Waals surface area contributed by atoms with Gasteiger partial charge in [0.15, 0.2) is 0 Å². The van der Waals surface area contributed by atoms with Crippen LogP contribution in [0.3, 0.4) is 0 Å². The van der Waals surface area contributed by atoms with Crippen molar-refractivity contribution in [3.05, 3.63) is 0 Å². The van der Waals surface area contributed by atoms with Crippen LogP contribution in [0, 0.1) is 0 Å². The van der Waals surface area contributed by atoms with E-state index in [0.717, 1.165) is 25.3 Å². The van der Waals surface area contributed by atoms with Crippen molar-refractivity contribution in [3.63, 3.8) is 0 Å². The van der Waals surface area contributed by atoms with Gasteiger partial charge in [0, 0.05) is 12.6 Å².